The molecule has 3 aromatic rings. The highest BCUT2D eigenvalue weighted by atomic mass is 79.9. The summed E-state index contributed by atoms with van der Waals surface area (Å²) < 4.78 is 3.55. The summed E-state index contributed by atoms with van der Waals surface area (Å²) in [5.41, 5.74) is 1.71. The molecule has 0 unspecified atom stereocenters. The Morgan fingerprint density at radius 2 is 2.00 bits per heavy atom. The molecule has 0 fully saturated rings. The Labute approximate surface area is 161 Å². The van der Waals surface area contributed by atoms with Crippen LogP contribution in [0.1, 0.15) is 5.56 Å². The molecule has 5 nitrogen and oxygen atoms in total. The lowest BCUT2D eigenvalue weighted by Crippen LogP contribution is -2.15. The van der Waals surface area contributed by atoms with E-state index < -0.39 is 0 Å². The summed E-state index contributed by atoms with van der Waals surface area (Å²) in [5.74, 6) is 0.687. The average molecular weight is 470 g/mol. The molecule has 1 heterocycles. The molecular weight excluding hydrogens is 457 g/mol. The van der Waals surface area contributed by atoms with Crippen LogP contribution in [0.4, 0.5) is 5.69 Å². The third kappa shape index (κ3) is 4.23. The van der Waals surface area contributed by atoms with E-state index in [0.717, 1.165) is 20.2 Å². The van der Waals surface area contributed by atoms with E-state index in [0.29, 0.717) is 17.5 Å². The fourth-order valence-electron chi connectivity index (χ4n) is 1.99. The maximum Gasteiger partial charge on any atom is 0.137 e. The van der Waals surface area contributed by atoms with Crippen molar-refractivity contribution in [3.63, 3.8) is 0 Å². The number of amidine groups is 1. The van der Waals surface area contributed by atoms with Gasteiger partial charge in [-0.15, -0.1) is 0 Å². The number of aromatic nitrogens is 3. The lowest BCUT2D eigenvalue weighted by molar-refractivity contribution is 0.638. The van der Waals surface area contributed by atoms with Crippen LogP contribution in [0.5, 0.6) is 0 Å². The second-order valence-corrected chi connectivity index (χ2v) is 6.93. The number of anilines is 1. The van der Waals surface area contributed by atoms with Crippen LogP contribution in [0.15, 0.2) is 69.1 Å². The lowest BCUT2D eigenvalue weighted by Gasteiger charge is -2.13. The fraction of sp³-hybridized carbons (Fsp3) is 0.0625. The number of hydrogen-bond donors (Lipinski definition) is 1. The normalized spacial score (nSPS) is 11.5. The largest absolute Gasteiger partial charge is 0.339 e. The van der Waals surface area contributed by atoms with E-state index in [4.69, 9.17) is 11.6 Å². The topological polar surface area (TPSA) is 55.1 Å². The molecule has 0 aliphatic rings. The second kappa shape index (κ2) is 7.92. The van der Waals surface area contributed by atoms with Gasteiger partial charge in [0.1, 0.15) is 25.2 Å². The number of nitrogens with one attached hydrogen (secondary N) is 1. The predicted molar refractivity (Wildman–Crippen MR) is 103 cm³/mol. The van der Waals surface area contributed by atoms with Crippen molar-refractivity contribution in [3.8, 4) is 0 Å². The summed E-state index contributed by atoms with van der Waals surface area (Å²) in [6.07, 6.45) is 3.10. The van der Waals surface area contributed by atoms with Gasteiger partial charge in [0.25, 0.3) is 0 Å². The fourth-order valence-corrected chi connectivity index (χ4v) is 2.79. The van der Waals surface area contributed by atoms with E-state index in [1.807, 2.05) is 42.5 Å². The Morgan fingerprint density at radius 1 is 1.17 bits per heavy atom. The number of para-hydroxylation sites is 1. The van der Waals surface area contributed by atoms with Gasteiger partial charge in [-0.1, -0.05) is 29.8 Å². The standard InChI is InChI=1S/C16H12Br2ClN5/c17-12-6-5-11(7-13(12)18)16(21-10-24-9-20-8-22-24)23-15-4-2-1-3-14(15)19/h1-9H,10H2,(H,21,23). The molecule has 0 spiro atoms. The molecule has 122 valence electrons. The number of hydrogen-bond acceptors (Lipinski definition) is 3. The summed E-state index contributed by atoms with van der Waals surface area (Å²) in [4.78, 5) is 8.54. The zero-order chi connectivity index (χ0) is 16.9. The van der Waals surface area contributed by atoms with Gasteiger partial charge in [-0.2, -0.15) is 5.10 Å². The zero-order valence-corrected chi connectivity index (χ0v) is 16.3. The number of benzene rings is 2. The number of aliphatic imine (C=N–C) groups is 1. The van der Waals surface area contributed by atoms with Crippen molar-refractivity contribution < 1.29 is 0 Å². The van der Waals surface area contributed by atoms with Gasteiger partial charge in [0.05, 0.1) is 10.7 Å². The minimum absolute atomic E-state index is 0.348. The Hall–Kier alpha value is -1.70. The van der Waals surface area contributed by atoms with Gasteiger partial charge in [-0.05, 0) is 56.1 Å². The van der Waals surface area contributed by atoms with Crippen LogP contribution in [-0.2, 0) is 6.67 Å². The first kappa shape index (κ1) is 17.1. The van der Waals surface area contributed by atoms with E-state index in [1.54, 1.807) is 11.0 Å². The van der Waals surface area contributed by atoms with Crippen molar-refractivity contribution in [3.05, 3.63) is 74.7 Å². The van der Waals surface area contributed by atoms with E-state index in [-0.39, 0.29) is 0 Å². The number of rotatable bonds is 4. The molecule has 0 saturated heterocycles. The van der Waals surface area contributed by atoms with Gasteiger partial charge in [-0.3, -0.25) is 0 Å². The minimum atomic E-state index is 0.348. The van der Waals surface area contributed by atoms with Crippen LogP contribution in [0.2, 0.25) is 5.02 Å². The molecule has 3 rings (SSSR count). The van der Waals surface area contributed by atoms with Crippen molar-refractivity contribution in [2.75, 3.05) is 5.32 Å². The quantitative estimate of drug-likeness (QED) is 0.434. The maximum atomic E-state index is 6.25. The van der Waals surface area contributed by atoms with E-state index >= 15 is 0 Å². The molecule has 0 aliphatic carbocycles. The van der Waals surface area contributed by atoms with Crippen molar-refractivity contribution in [2.45, 2.75) is 6.67 Å². The van der Waals surface area contributed by atoms with Crippen LogP contribution in [0.3, 0.4) is 0 Å². The molecule has 0 amide bonds. The summed E-state index contributed by atoms with van der Waals surface area (Å²) in [7, 11) is 0. The molecule has 0 aliphatic heterocycles. The number of halogens is 3. The molecule has 8 heteroatoms. The Bertz CT molecular complexity index is 865. The minimum Gasteiger partial charge on any atom is -0.339 e. The molecule has 1 aromatic heterocycles. The predicted octanol–water partition coefficient (Wildman–Crippen LogP) is 4.97. The molecule has 0 atom stereocenters. The first-order valence-electron chi connectivity index (χ1n) is 6.97. The maximum absolute atomic E-state index is 6.25. The molecule has 0 saturated carbocycles. The van der Waals surface area contributed by atoms with Gasteiger partial charge in [0, 0.05) is 14.5 Å². The highest BCUT2D eigenvalue weighted by Gasteiger charge is 2.09. The molecule has 1 N–H and O–H groups in total. The molecule has 0 bridgehead atoms. The summed E-state index contributed by atoms with van der Waals surface area (Å²) in [6, 6.07) is 13.4. The molecule has 2 aromatic carbocycles. The van der Waals surface area contributed by atoms with Crippen molar-refractivity contribution in [1.82, 2.24) is 14.8 Å². The van der Waals surface area contributed by atoms with Crippen LogP contribution in [0.25, 0.3) is 0 Å². The third-order valence-electron chi connectivity index (χ3n) is 3.16. The van der Waals surface area contributed by atoms with Crippen molar-refractivity contribution in [2.24, 2.45) is 4.99 Å². The highest BCUT2D eigenvalue weighted by Crippen LogP contribution is 2.26. The summed E-state index contributed by atoms with van der Waals surface area (Å²) >= 11 is 13.2. The van der Waals surface area contributed by atoms with Crippen molar-refractivity contribution in [1.29, 1.82) is 0 Å². The van der Waals surface area contributed by atoms with Gasteiger partial charge < -0.3 is 5.32 Å². The van der Waals surface area contributed by atoms with Crippen molar-refractivity contribution >= 4 is 55.0 Å². The highest BCUT2D eigenvalue weighted by molar-refractivity contribution is 9.13. The monoisotopic (exact) mass is 467 g/mol. The van der Waals surface area contributed by atoms with Gasteiger partial charge in [-0.25, -0.2) is 14.7 Å². The third-order valence-corrected chi connectivity index (χ3v) is 5.37. The smallest absolute Gasteiger partial charge is 0.137 e. The summed E-state index contributed by atoms with van der Waals surface area (Å²) in [5, 5.41) is 7.99. The lowest BCUT2D eigenvalue weighted by atomic mass is 10.2. The zero-order valence-electron chi connectivity index (χ0n) is 12.3. The molecule has 0 radical (unpaired) electrons. The van der Waals surface area contributed by atoms with Gasteiger partial charge in [0.2, 0.25) is 0 Å². The van der Waals surface area contributed by atoms with Crippen LogP contribution >= 0.6 is 43.5 Å². The molecular formula is C16H12Br2ClN5. The summed E-state index contributed by atoms with van der Waals surface area (Å²) in [6.45, 7) is 0.348. The first-order valence-corrected chi connectivity index (χ1v) is 8.94. The molecule has 24 heavy (non-hydrogen) atoms. The van der Waals surface area contributed by atoms with E-state index in [2.05, 4.69) is 52.3 Å². The van der Waals surface area contributed by atoms with Gasteiger partial charge >= 0.3 is 0 Å². The Morgan fingerprint density at radius 3 is 2.71 bits per heavy atom. The average Bonchev–Trinajstić information content (AvgIpc) is 3.09. The van der Waals surface area contributed by atoms with Gasteiger partial charge in [0.15, 0.2) is 0 Å². The SMILES string of the molecule is Clc1ccccc1N/C(=N/Cn1cncn1)c1ccc(Br)c(Br)c1. The van der Waals surface area contributed by atoms with Crippen LogP contribution in [-0.4, -0.2) is 20.6 Å². The van der Waals surface area contributed by atoms with E-state index in [1.165, 1.54) is 6.33 Å². The Kier molecular flexibility index (Phi) is 5.65. The van der Waals surface area contributed by atoms with Crippen LogP contribution < -0.4 is 5.32 Å². The van der Waals surface area contributed by atoms with E-state index in [9.17, 15) is 0 Å². The first-order chi connectivity index (χ1) is 11.6. The van der Waals surface area contributed by atoms with Crippen LogP contribution in [0, 0.1) is 0 Å². The number of nitrogens with zero attached hydrogens (tertiary/aromatic N) is 4. The Balaban J connectivity index is 1.95. The second-order valence-electron chi connectivity index (χ2n) is 4.82.